The van der Waals surface area contributed by atoms with Gasteiger partial charge in [-0.15, -0.1) is 0 Å². The van der Waals surface area contributed by atoms with Crippen LogP contribution in [-0.4, -0.2) is 33.4 Å². The Morgan fingerprint density at radius 2 is 1.95 bits per heavy atom. The van der Waals surface area contributed by atoms with Crippen LogP contribution >= 0.6 is 0 Å². The lowest BCUT2D eigenvalue weighted by Crippen LogP contribution is -2.37. The molecule has 0 unspecified atom stereocenters. The zero-order valence-corrected chi connectivity index (χ0v) is 11.0. The minimum atomic E-state index is -4.53. The van der Waals surface area contributed by atoms with E-state index >= 15 is 0 Å². The second-order valence-corrected chi connectivity index (χ2v) is 6.28. The van der Waals surface area contributed by atoms with Crippen LogP contribution in [0.15, 0.2) is 29.2 Å². The van der Waals surface area contributed by atoms with Gasteiger partial charge in [-0.1, -0.05) is 0 Å². The third-order valence-corrected chi connectivity index (χ3v) is 4.34. The molecule has 0 spiro atoms. The normalized spacial score (nSPS) is 20.5. The van der Waals surface area contributed by atoms with Gasteiger partial charge in [-0.05, 0) is 43.7 Å². The maximum atomic E-state index is 12.3. The highest BCUT2D eigenvalue weighted by Crippen LogP contribution is 2.22. The average Bonchev–Trinajstić information content (AvgIpc) is 2.40. The Labute approximate surface area is 110 Å². The zero-order chi connectivity index (χ0) is 13.9. The number of alkyl halides is 2. The zero-order valence-electron chi connectivity index (χ0n) is 10.2. The predicted octanol–water partition coefficient (Wildman–Crippen LogP) is 1.81. The Balaban J connectivity index is 2.06. The van der Waals surface area contributed by atoms with E-state index in [-0.39, 0.29) is 6.10 Å². The van der Waals surface area contributed by atoms with Gasteiger partial charge in [0.25, 0.3) is 0 Å². The summed E-state index contributed by atoms with van der Waals surface area (Å²) in [6.07, 6.45) is 1.97. The second-order valence-electron chi connectivity index (χ2n) is 4.36. The number of halogens is 2. The van der Waals surface area contributed by atoms with Crippen molar-refractivity contribution in [3.8, 4) is 5.75 Å². The van der Waals surface area contributed by atoms with Crippen molar-refractivity contribution in [2.24, 2.45) is 0 Å². The quantitative estimate of drug-likeness (QED) is 0.919. The second kappa shape index (κ2) is 5.83. The first-order valence-electron chi connectivity index (χ1n) is 5.99. The van der Waals surface area contributed by atoms with Crippen molar-refractivity contribution < 1.29 is 21.9 Å². The Morgan fingerprint density at radius 3 is 2.47 bits per heavy atom. The highest BCUT2D eigenvalue weighted by Gasteiger charge is 2.26. The molecule has 1 N–H and O–H groups in total. The molecular weight excluding hydrogens is 276 g/mol. The van der Waals surface area contributed by atoms with E-state index in [1.54, 1.807) is 0 Å². The summed E-state index contributed by atoms with van der Waals surface area (Å²) in [5.74, 6) is -2.91. The van der Waals surface area contributed by atoms with Crippen molar-refractivity contribution >= 4 is 9.84 Å². The summed E-state index contributed by atoms with van der Waals surface area (Å²) in [4.78, 5) is -0.392. The maximum absolute atomic E-state index is 12.3. The average molecular weight is 291 g/mol. The third kappa shape index (κ3) is 3.42. The molecule has 1 aliphatic heterocycles. The van der Waals surface area contributed by atoms with E-state index in [0.29, 0.717) is 5.75 Å². The smallest absolute Gasteiger partial charge is 0.341 e. The lowest BCUT2D eigenvalue weighted by molar-refractivity contribution is 0.167. The number of ether oxygens (including phenoxy) is 1. The number of piperidine rings is 1. The molecule has 1 fully saturated rings. The molecule has 4 nitrogen and oxygen atoms in total. The van der Waals surface area contributed by atoms with Crippen LogP contribution in [0.5, 0.6) is 5.75 Å². The topological polar surface area (TPSA) is 55.4 Å². The van der Waals surface area contributed by atoms with Crippen LogP contribution in [0.4, 0.5) is 8.78 Å². The molecule has 0 bridgehead atoms. The van der Waals surface area contributed by atoms with E-state index in [4.69, 9.17) is 4.74 Å². The largest absolute Gasteiger partial charge is 0.489 e. The van der Waals surface area contributed by atoms with Gasteiger partial charge in [-0.25, -0.2) is 8.42 Å². The number of hydrogen-bond acceptors (Lipinski definition) is 4. The van der Waals surface area contributed by atoms with Crippen LogP contribution in [0.2, 0.25) is 0 Å². The highest BCUT2D eigenvalue weighted by molar-refractivity contribution is 7.91. The molecular formula is C12H15F2NO3S. The van der Waals surface area contributed by atoms with E-state index in [2.05, 4.69) is 5.32 Å². The summed E-state index contributed by atoms with van der Waals surface area (Å²) in [7, 11) is -4.53. The predicted molar refractivity (Wildman–Crippen MR) is 66.2 cm³/mol. The van der Waals surface area contributed by atoms with E-state index in [0.717, 1.165) is 38.1 Å². The van der Waals surface area contributed by atoms with E-state index in [1.807, 2.05) is 0 Å². The fourth-order valence-electron chi connectivity index (χ4n) is 1.92. The monoisotopic (exact) mass is 291 g/mol. The van der Waals surface area contributed by atoms with Gasteiger partial charge in [0.05, 0.1) is 4.90 Å². The summed E-state index contributed by atoms with van der Waals surface area (Å²) in [5, 5.41) is 3.19. The van der Waals surface area contributed by atoms with Gasteiger partial charge >= 0.3 is 5.76 Å². The molecule has 7 heteroatoms. The first-order valence-corrected chi connectivity index (χ1v) is 7.54. The van der Waals surface area contributed by atoms with Gasteiger partial charge in [0.1, 0.15) is 11.9 Å². The van der Waals surface area contributed by atoms with Crippen LogP contribution in [0.1, 0.15) is 12.8 Å². The minimum absolute atomic E-state index is 0.0336. The van der Waals surface area contributed by atoms with E-state index < -0.39 is 20.5 Å². The van der Waals surface area contributed by atoms with Crippen LogP contribution in [-0.2, 0) is 9.84 Å². The number of hydrogen-bond donors (Lipinski definition) is 1. The molecule has 1 saturated heterocycles. The summed E-state index contributed by atoms with van der Waals surface area (Å²) >= 11 is 0. The Morgan fingerprint density at radius 1 is 1.26 bits per heavy atom. The van der Waals surface area contributed by atoms with Crippen molar-refractivity contribution in [1.29, 1.82) is 0 Å². The van der Waals surface area contributed by atoms with Crippen LogP contribution in [0, 0.1) is 0 Å². The van der Waals surface area contributed by atoms with Gasteiger partial charge in [0.2, 0.25) is 9.84 Å². The third-order valence-electron chi connectivity index (χ3n) is 2.94. The molecule has 2 rings (SSSR count). The lowest BCUT2D eigenvalue weighted by atomic mass is 10.1. The maximum Gasteiger partial charge on any atom is 0.341 e. The van der Waals surface area contributed by atoms with Gasteiger partial charge in [-0.3, -0.25) is 0 Å². The Bertz CT molecular complexity index is 510. The molecule has 0 aliphatic carbocycles. The minimum Gasteiger partial charge on any atom is -0.489 e. The molecule has 1 heterocycles. The molecule has 0 aromatic heterocycles. The molecule has 1 aromatic rings. The highest BCUT2D eigenvalue weighted by atomic mass is 32.2. The number of nitrogens with one attached hydrogen (secondary N) is 1. The molecule has 0 saturated carbocycles. The summed E-state index contributed by atoms with van der Waals surface area (Å²) < 4.78 is 52.8. The molecule has 0 amide bonds. The Kier molecular flexibility index (Phi) is 4.36. The fraction of sp³-hybridized carbons (Fsp3) is 0.500. The van der Waals surface area contributed by atoms with Crippen molar-refractivity contribution in [1.82, 2.24) is 5.32 Å². The summed E-state index contributed by atoms with van der Waals surface area (Å²) in [6.45, 7) is 1.70. The summed E-state index contributed by atoms with van der Waals surface area (Å²) in [6, 6.07) is 5.11. The van der Waals surface area contributed by atoms with Crippen LogP contribution in [0.3, 0.4) is 0 Å². The lowest BCUT2D eigenvalue weighted by Gasteiger charge is -2.23. The molecule has 0 radical (unpaired) electrons. The molecule has 1 aromatic carbocycles. The summed E-state index contributed by atoms with van der Waals surface area (Å²) in [5.41, 5.74) is 0. The van der Waals surface area contributed by atoms with Gasteiger partial charge in [0.15, 0.2) is 0 Å². The number of sulfone groups is 1. The molecule has 1 atom stereocenters. The molecule has 1 aliphatic rings. The van der Waals surface area contributed by atoms with Crippen molar-refractivity contribution in [3.05, 3.63) is 24.3 Å². The molecule has 106 valence electrons. The van der Waals surface area contributed by atoms with Gasteiger partial charge in [0, 0.05) is 6.54 Å². The SMILES string of the molecule is O=S(=O)(c1ccc(O[C@H]2CCCNC2)cc1)C(F)F. The van der Waals surface area contributed by atoms with Crippen molar-refractivity contribution in [2.45, 2.75) is 29.6 Å². The fourth-order valence-corrected chi connectivity index (χ4v) is 2.64. The Hall–Kier alpha value is -1.21. The van der Waals surface area contributed by atoms with Crippen molar-refractivity contribution in [3.63, 3.8) is 0 Å². The van der Waals surface area contributed by atoms with Crippen molar-refractivity contribution in [2.75, 3.05) is 13.1 Å². The first-order chi connectivity index (χ1) is 9.00. The van der Waals surface area contributed by atoms with Crippen LogP contribution < -0.4 is 10.1 Å². The van der Waals surface area contributed by atoms with Gasteiger partial charge < -0.3 is 10.1 Å². The number of benzene rings is 1. The van der Waals surface area contributed by atoms with Crippen LogP contribution in [0.25, 0.3) is 0 Å². The number of rotatable bonds is 4. The first kappa shape index (κ1) is 14.2. The van der Waals surface area contributed by atoms with E-state index in [1.165, 1.54) is 12.1 Å². The standard InChI is InChI=1S/C12H15F2NO3S/c13-12(14)19(16,17)11-5-3-9(4-6-11)18-10-2-1-7-15-8-10/h3-6,10,12,15H,1-2,7-8H2/t10-/m0/s1. The van der Waals surface area contributed by atoms with E-state index in [9.17, 15) is 17.2 Å². The van der Waals surface area contributed by atoms with Gasteiger partial charge in [-0.2, -0.15) is 8.78 Å². The molecule has 19 heavy (non-hydrogen) atoms.